The minimum Gasteiger partial charge on any atom is -0.490 e. The van der Waals surface area contributed by atoms with Gasteiger partial charge in [-0.25, -0.2) is 0 Å². The molecule has 2 unspecified atom stereocenters. The highest BCUT2D eigenvalue weighted by Crippen LogP contribution is 2.33. The molecule has 1 aromatic carbocycles. The maximum absolute atomic E-state index is 6.48. The quantitative estimate of drug-likeness (QED) is 0.828. The van der Waals surface area contributed by atoms with Gasteiger partial charge >= 0.3 is 0 Å². The maximum atomic E-state index is 6.48. The first-order valence-electron chi connectivity index (χ1n) is 8.22. The van der Waals surface area contributed by atoms with Crippen LogP contribution in [0.15, 0.2) is 18.2 Å². The molecule has 2 atom stereocenters. The molecular weight excluding hydrogens is 246 g/mol. The number of hydrogen-bond acceptors (Lipinski definition) is 2. The number of para-hydroxylation sites is 1. The maximum Gasteiger partial charge on any atom is 0.127 e. The summed E-state index contributed by atoms with van der Waals surface area (Å²) < 4.78 is 6.48. The lowest BCUT2D eigenvalue weighted by atomic mass is 9.84. The SMILES string of the molecule is CCNCc1cccc(C)c1OC1CCCCC1CC. The first-order valence-corrected chi connectivity index (χ1v) is 8.22. The normalized spacial score (nSPS) is 22.8. The molecule has 0 spiro atoms. The van der Waals surface area contributed by atoms with Crippen molar-refractivity contribution >= 4 is 0 Å². The van der Waals surface area contributed by atoms with E-state index in [-0.39, 0.29) is 0 Å². The third-order valence-corrected chi connectivity index (χ3v) is 4.49. The van der Waals surface area contributed by atoms with Crippen LogP contribution in [0.1, 0.15) is 57.1 Å². The summed E-state index contributed by atoms with van der Waals surface area (Å²) in [6, 6.07) is 6.48. The largest absolute Gasteiger partial charge is 0.490 e. The number of ether oxygens (including phenoxy) is 1. The molecule has 0 heterocycles. The lowest BCUT2D eigenvalue weighted by molar-refractivity contribution is 0.0886. The van der Waals surface area contributed by atoms with Crippen LogP contribution >= 0.6 is 0 Å². The Morgan fingerprint density at radius 1 is 1.20 bits per heavy atom. The molecule has 1 aliphatic carbocycles. The molecule has 0 bridgehead atoms. The predicted octanol–water partition coefficient (Wildman–Crippen LogP) is 4.45. The van der Waals surface area contributed by atoms with Crippen molar-refractivity contribution in [3.05, 3.63) is 29.3 Å². The summed E-state index contributed by atoms with van der Waals surface area (Å²) in [5.41, 5.74) is 2.56. The zero-order valence-electron chi connectivity index (χ0n) is 13.2. The van der Waals surface area contributed by atoms with Crippen LogP contribution in [0.2, 0.25) is 0 Å². The number of rotatable bonds is 6. The van der Waals surface area contributed by atoms with E-state index in [4.69, 9.17) is 4.74 Å². The van der Waals surface area contributed by atoms with E-state index in [0.717, 1.165) is 24.8 Å². The van der Waals surface area contributed by atoms with Gasteiger partial charge in [-0.05, 0) is 50.6 Å². The van der Waals surface area contributed by atoms with E-state index in [9.17, 15) is 0 Å². The minimum atomic E-state index is 0.412. The second kappa shape index (κ2) is 7.68. The van der Waals surface area contributed by atoms with Crippen LogP contribution in [0, 0.1) is 12.8 Å². The lowest BCUT2D eigenvalue weighted by Crippen LogP contribution is -2.30. The first kappa shape index (κ1) is 15.4. The van der Waals surface area contributed by atoms with Gasteiger partial charge in [0, 0.05) is 12.1 Å². The average molecular weight is 275 g/mol. The standard InChI is InChI=1S/C18H29NO/c1-4-15-10-6-7-12-17(15)20-18-14(3)9-8-11-16(18)13-19-5-2/h8-9,11,15,17,19H,4-7,10,12-13H2,1-3H3. The average Bonchev–Trinajstić information content (AvgIpc) is 2.48. The van der Waals surface area contributed by atoms with Crippen LogP contribution in [-0.4, -0.2) is 12.6 Å². The number of benzene rings is 1. The van der Waals surface area contributed by atoms with Crippen molar-refractivity contribution in [2.24, 2.45) is 5.92 Å². The fraction of sp³-hybridized carbons (Fsp3) is 0.667. The summed E-state index contributed by atoms with van der Waals surface area (Å²) in [4.78, 5) is 0. The number of hydrogen-bond donors (Lipinski definition) is 1. The Morgan fingerprint density at radius 2 is 2.00 bits per heavy atom. The first-order chi connectivity index (χ1) is 9.76. The molecule has 1 fully saturated rings. The molecule has 20 heavy (non-hydrogen) atoms. The van der Waals surface area contributed by atoms with Crippen LogP contribution < -0.4 is 10.1 Å². The molecular formula is C18H29NO. The van der Waals surface area contributed by atoms with E-state index in [1.165, 1.54) is 43.2 Å². The zero-order chi connectivity index (χ0) is 14.4. The predicted molar refractivity (Wildman–Crippen MR) is 85.2 cm³/mol. The summed E-state index contributed by atoms with van der Waals surface area (Å²) in [7, 11) is 0. The number of aryl methyl sites for hydroxylation is 1. The van der Waals surface area contributed by atoms with Crippen molar-refractivity contribution in [2.75, 3.05) is 6.54 Å². The summed E-state index contributed by atoms with van der Waals surface area (Å²) in [5, 5.41) is 3.41. The van der Waals surface area contributed by atoms with Crippen molar-refractivity contribution in [1.82, 2.24) is 5.32 Å². The Bertz CT molecular complexity index is 416. The van der Waals surface area contributed by atoms with Gasteiger partial charge in [0.05, 0.1) is 0 Å². The van der Waals surface area contributed by atoms with Crippen LogP contribution in [-0.2, 0) is 6.54 Å². The van der Waals surface area contributed by atoms with E-state index >= 15 is 0 Å². The molecule has 2 heteroatoms. The van der Waals surface area contributed by atoms with Crippen LogP contribution in [0.25, 0.3) is 0 Å². The molecule has 2 nitrogen and oxygen atoms in total. The second-order valence-corrected chi connectivity index (χ2v) is 5.95. The van der Waals surface area contributed by atoms with E-state index in [0.29, 0.717) is 6.10 Å². The molecule has 1 aliphatic rings. The van der Waals surface area contributed by atoms with Gasteiger partial charge in [0.2, 0.25) is 0 Å². The minimum absolute atomic E-state index is 0.412. The molecule has 0 saturated heterocycles. The Balaban J connectivity index is 2.14. The van der Waals surface area contributed by atoms with Gasteiger partial charge in [-0.2, -0.15) is 0 Å². The van der Waals surface area contributed by atoms with Gasteiger partial charge in [0.1, 0.15) is 11.9 Å². The van der Waals surface area contributed by atoms with Gasteiger partial charge in [0.25, 0.3) is 0 Å². The van der Waals surface area contributed by atoms with Crippen molar-refractivity contribution in [2.45, 2.75) is 65.5 Å². The van der Waals surface area contributed by atoms with Crippen LogP contribution in [0.5, 0.6) is 5.75 Å². The zero-order valence-corrected chi connectivity index (χ0v) is 13.2. The van der Waals surface area contributed by atoms with Gasteiger partial charge in [0.15, 0.2) is 0 Å². The van der Waals surface area contributed by atoms with Crippen molar-refractivity contribution < 1.29 is 4.74 Å². The molecule has 0 aromatic heterocycles. The van der Waals surface area contributed by atoms with Crippen molar-refractivity contribution in [3.8, 4) is 5.75 Å². The molecule has 2 rings (SSSR count). The fourth-order valence-electron chi connectivity index (χ4n) is 3.23. The van der Waals surface area contributed by atoms with E-state index in [1.54, 1.807) is 0 Å². The molecule has 0 aliphatic heterocycles. The highest BCUT2D eigenvalue weighted by Gasteiger charge is 2.26. The summed E-state index contributed by atoms with van der Waals surface area (Å²) in [6.07, 6.45) is 6.88. The van der Waals surface area contributed by atoms with Gasteiger partial charge in [-0.3, -0.25) is 0 Å². The highest BCUT2D eigenvalue weighted by molar-refractivity contribution is 5.41. The number of nitrogens with one attached hydrogen (secondary N) is 1. The van der Waals surface area contributed by atoms with Gasteiger partial charge in [-0.1, -0.05) is 38.5 Å². The fourth-order valence-corrected chi connectivity index (χ4v) is 3.23. The lowest BCUT2D eigenvalue weighted by Gasteiger charge is -2.32. The third-order valence-electron chi connectivity index (χ3n) is 4.49. The van der Waals surface area contributed by atoms with Crippen LogP contribution in [0.4, 0.5) is 0 Å². The topological polar surface area (TPSA) is 21.3 Å². The van der Waals surface area contributed by atoms with Crippen molar-refractivity contribution in [1.29, 1.82) is 0 Å². The highest BCUT2D eigenvalue weighted by atomic mass is 16.5. The van der Waals surface area contributed by atoms with Crippen molar-refractivity contribution in [3.63, 3.8) is 0 Å². The molecule has 0 amide bonds. The van der Waals surface area contributed by atoms with E-state index in [1.807, 2.05) is 0 Å². The second-order valence-electron chi connectivity index (χ2n) is 5.95. The summed E-state index contributed by atoms with van der Waals surface area (Å²) in [6.45, 7) is 8.49. The van der Waals surface area contributed by atoms with E-state index < -0.39 is 0 Å². The molecule has 112 valence electrons. The Kier molecular flexibility index (Phi) is 5.90. The third kappa shape index (κ3) is 3.76. The molecule has 1 aromatic rings. The van der Waals surface area contributed by atoms with Gasteiger partial charge < -0.3 is 10.1 Å². The Hall–Kier alpha value is -1.02. The summed E-state index contributed by atoms with van der Waals surface area (Å²) >= 11 is 0. The van der Waals surface area contributed by atoms with Gasteiger partial charge in [-0.15, -0.1) is 0 Å². The van der Waals surface area contributed by atoms with Crippen LogP contribution in [0.3, 0.4) is 0 Å². The molecule has 1 N–H and O–H groups in total. The Morgan fingerprint density at radius 3 is 2.75 bits per heavy atom. The summed E-state index contributed by atoms with van der Waals surface area (Å²) in [5.74, 6) is 1.86. The molecule has 0 radical (unpaired) electrons. The monoisotopic (exact) mass is 275 g/mol. The Labute approximate surface area is 123 Å². The smallest absolute Gasteiger partial charge is 0.127 e. The molecule has 1 saturated carbocycles. The van der Waals surface area contributed by atoms with E-state index in [2.05, 4.69) is 44.3 Å².